The van der Waals surface area contributed by atoms with Crippen LogP contribution < -0.4 is 0 Å². The van der Waals surface area contributed by atoms with Crippen molar-refractivity contribution >= 4 is 19.8 Å². The highest BCUT2D eigenvalue weighted by Crippen LogP contribution is 2.43. The first-order valence-electron chi connectivity index (χ1n) is 20.6. The summed E-state index contributed by atoms with van der Waals surface area (Å²) in [4.78, 5) is 34.9. The van der Waals surface area contributed by atoms with Crippen LogP contribution in [0.1, 0.15) is 162 Å². The molecule has 0 heterocycles. The van der Waals surface area contributed by atoms with E-state index in [1.807, 2.05) is 19.1 Å². The van der Waals surface area contributed by atoms with Gasteiger partial charge in [-0.1, -0.05) is 133 Å². The van der Waals surface area contributed by atoms with E-state index in [1.165, 1.54) is 57.8 Å². The Bertz CT molecular complexity index is 1060. The highest BCUT2D eigenvalue weighted by molar-refractivity contribution is 7.47. The summed E-state index contributed by atoms with van der Waals surface area (Å²) in [6.45, 7) is 1.85. The lowest BCUT2D eigenvalue weighted by atomic mass is 10.0. The molecule has 0 radical (unpaired) electrons. The molecule has 0 amide bonds. The van der Waals surface area contributed by atoms with Crippen LogP contribution in [0.25, 0.3) is 0 Å². The molecular formula is C42H75O11P. The van der Waals surface area contributed by atoms with Gasteiger partial charge in [0.15, 0.2) is 6.10 Å². The molecule has 4 N–H and O–H groups in total. The summed E-state index contributed by atoms with van der Waals surface area (Å²) in [6, 6.07) is 0. The van der Waals surface area contributed by atoms with Crippen LogP contribution in [0.15, 0.2) is 48.6 Å². The minimum Gasteiger partial charge on any atom is -0.462 e. The molecule has 0 rings (SSSR count). The minimum atomic E-state index is -4.63. The van der Waals surface area contributed by atoms with E-state index in [1.54, 1.807) is 0 Å². The fourth-order valence-electron chi connectivity index (χ4n) is 5.30. The molecular weight excluding hydrogens is 711 g/mol. The number of unbranched alkanes of at least 4 members (excludes halogenated alkanes) is 14. The number of carbonyl (C=O) groups is 2. The minimum absolute atomic E-state index is 0.154. The fraction of sp³-hybridized carbons (Fsp3) is 0.762. The summed E-state index contributed by atoms with van der Waals surface area (Å²) in [5, 5.41) is 27.6. The van der Waals surface area contributed by atoms with E-state index in [0.717, 1.165) is 57.8 Å². The number of hydrogen-bond acceptors (Lipinski definition) is 10. The maximum Gasteiger partial charge on any atom is 0.472 e. The number of phosphoric acid groups is 1. The molecule has 0 aliphatic heterocycles. The second-order valence-electron chi connectivity index (χ2n) is 13.9. The van der Waals surface area contributed by atoms with Gasteiger partial charge >= 0.3 is 19.8 Å². The molecule has 0 fully saturated rings. The van der Waals surface area contributed by atoms with E-state index in [9.17, 15) is 29.3 Å². The normalized spacial score (nSPS) is 15.0. The molecule has 0 spiro atoms. The van der Waals surface area contributed by atoms with Crippen molar-refractivity contribution in [3.8, 4) is 0 Å². The zero-order chi connectivity index (χ0) is 40.0. The third-order valence-corrected chi connectivity index (χ3v) is 9.46. The standard InChI is InChI=1S/C42H75O11P/c1-3-4-5-6-7-8-9-13-18-21-24-27-30-33-42(47)53-40(37-52-54(48,49)51-35-39(45)34-43)36-50-41(46)32-29-26-23-20-17-15-12-10-11-14-16-19-22-25-28-31-38(2)44/h11-12,14-15,19-20,22-23,38-40,43-45H,3-10,13,16-18,21,24-37H2,1-2H3,(H,48,49)/b14-11-,15-12-,22-19-,23-20-/t38-,39+,40-/m1/s1. The predicted molar refractivity (Wildman–Crippen MR) is 216 cm³/mol. The quantitative estimate of drug-likeness (QED) is 0.0204. The van der Waals surface area contributed by atoms with Crippen molar-refractivity contribution in [2.75, 3.05) is 26.4 Å². The third-order valence-electron chi connectivity index (χ3n) is 8.50. The van der Waals surface area contributed by atoms with Gasteiger partial charge in [-0.05, 0) is 64.7 Å². The highest BCUT2D eigenvalue weighted by Gasteiger charge is 2.27. The monoisotopic (exact) mass is 787 g/mol. The van der Waals surface area contributed by atoms with Gasteiger partial charge in [0.05, 0.1) is 25.9 Å². The van der Waals surface area contributed by atoms with Crippen molar-refractivity contribution in [1.82, 2.24) is 0 Å². The first-order valence-corrected chi connectivity index (χ1v) is 22.1. The Morgan fingerprint density at radius 3 is 1.59 bits per heavy atom. The molecule has 0 aromatic heterocycles. The highest BCUT2D eigenvalue weighted by atomic mass is 31.2. The van der Waals surface area contributed by atoms with Gasteiger partial charge in [0.1, 0.15) is 12.7 Å². The first kappa shape index (κ1) is 51.9. The average Bonchev–Trinajstić information content (AvgIpc) is 3.14. The SMILES string of the molecule is CCCCCCCCCCCCCCCC(=O)O[C@H](COC(=O)CCC/C=C\C/C=C\C/C=C\C/C=C\CCC[C@@H](C)O)COP(=O)(O)OC[C@@H](O)CO. The Hall–Kier alpha value is -2.11. The Morgan fingerprint density at radius 1 is 0.611 bits per heavy atom. The van der Waals surface area contributed by atoms with Crippen molar-refractivity contribution in [1.29, 1.82) is 0 Å². The summed E-state index contributed by atoms with van der Waals surface area (Å²) < 4.78 is 32.6. The van der Waals surface area contributed by atoms with Crippen molar-refractivity contribution in [3.63, 3.8) is 0 Å². The van der Waals surface area contributed by atoms with Crippen LogP contribution >= 0.6 is 7.82 Å². The average molecular weight is 787 g/mol. The Kier molecular flexibility index (Phi) is 36.3. The topological polar surface area (TPSA) is 169 Å². The zero-order valence-corrected chi connectivity index (χ0v) is 34.4. The summed E-state index contributed by atoms with van der Waals surface area (Å²) in [5.74, 6) is -1.01. The van der Waals surface area contributed by atoms with Crippen molar-refractivity contribution < 1.29 is 52.9 Å². The molecule has 54 heavy (non-hydrogen) atoms. The molecule has 0 aromatic rings. The number of carbonyl (C=O) groups excluding carboxylic acids is 2. The third kappa shape index (κ3) is 38.2. The van der Waals surface area contributed by atoms with Crippen LogP contribution in [0.5, 0.6) is 0 Å². The number of ether oxygens (including phenoxy) is 2. The summed E-state index contributed by atoms with van der Waals surface area (Å²) >= 11 is 0. The van der Waals surface area contributed by atoms with Gasteiger partial charge in [0.25, 0.3) is 0 Å². The first-order chi connectivity index (χ1) is 26.1. The van der Waals surface area contributed by atoms with E-state index in [-0.39, 0.29) is 25.6 Å². The summed E-state index contributed by atoms with van der Waals surface area (Å²) in [7, 11) is -4.63. The number of aliphatic hydroxyl groups is 3. The van der Waals surface area contributed by atoms with Crippen LogP contribution in [0.4, 0.5) is 0 Å². The molecule has 1 unspecified atom stereocenters. The molecule has 11 nitrogen and oxygen atoms in total. The number of phosphoric ester groups is 1. The van der Waals surface area contributed by atoms with Gasteiger partial charge in [-0.2, -0.15) is 0 Å². The van der Waals surface area contributed by atoms with Crippen LogP contribution in [0.3, 0.4) is 0 Å². The molecule has 0 saturated heterocycles. The molecule has 0 aliphatic carbocycles. The van der Waals surface area contributed by atoms with Crippen molar-refractivity contribution in [2.45, 2.75) is 180 Å². The number of allylic oxidation sites excluding steroid dienone is 8. The number of esters is 2. The lowest BCUT2D eigenvalue weighted by Gasteiger charge is -2.20. The maximum absolute atomic E-state index is 12.6. The molecule has 0 saturated carbocycles. The van der Waals surface area contributed by atoms with E-state index >= 15 is 0 Å². The van der Waals surface area contributed by atoms with Gasteiger partial charge < -0.3 is 29.7 Å². The van der Waals surface area contributed by atoms with Crippen LogP contribution in [-0.4, -0.2) is 76.9 Å². The maximum atomic E-state index is 12.6. The number of rotatable bonds is 38. The molecule has 12 heteroatoms. The van der Waals surface area contributed by atoms with Crippen LogP contribution in [0.2, 0.25) is 0 Å². The number of aliphatic hydroxyl groups excluding tert-OH is 3. The largest absolute Gasteiger partial charge is 0.472 e. The summed E-state index contributed by atoms with van der Waals surface area (Å²) in [6.07, 6.45) is 36.4. The van der Waals surface area contributed by atoms with Crippen molar-refractivity contribution in [2.24, 2.45) is 0 Å². The molecule has 314 valence electrons. The molecule has 0 aliphatic rings. The Morgan fingerprint density at radius 2 is 1.07 bits per heavy atom. The van der Waals surface area contributed by atoms with Gasteiger partial charge in [0, 0.05) is 12.8 Å². The summed E-state index contributed by atoms with van der Waals surface area (Å²) in [5.41, 5.74) is 0. The van der Waals surface area contributed by atoms with E-state index < -0.39 is 51.8 Å². The van der Waals surface area contributed by atoms with Crippen LogP contribution in [-0.2, 0) is 32.7 Å². The smallest absolute Gasteiger partial charge is 0.462 e. The fourth-order valence-corrected chi connectivity index (χ4v) is 6.09. The zero-order valence-electron chi connectivity index (χ0n) is 33.5. The molecule has 0 aromatic carbocycles. The van der Waals surface area contributed by atoms with Gasteiger partial charge in [-0.25, -0.2) is 4.57 Å². The van der Waals surface area contributed by atoms with Crippen molar-refractivity contribution in [3.05, 3.63) is 48.6 Å². The lowest BCUT2D eigenvalue weighted by molar-refractivity contribution is -0.161. The molecule has 0 bridgehead atoms. The van der Waals surface area contributed by atoms with Gasteiger partial charge in [-0.3, -0.25) is 18.6 Å². The van der Waals surface area contributed by atoms with Crippen LogP contribution in [0, 0.1) is 0 Å². The predicted octanol–water partition coefficient (Wildman–Crippen LogP) is 9.53. The second-order valence-corrected chi connectivity index (χ2v) is 15.4. The van der Waals surface area contributed by atoms with Gasteiger partial charge in [0.2, 0.25) is 0 Å². The number of hydrogen-bond donors (Lipinski definition) is 4. The second kappa shape index (κ2) is 37.8. The molecule has 4 atom stereocenters. The van der Waals surface area contributed by atoms with E-state index in [0.29, 0.717) is 19.3 Å². The Labute approximate surface area is 326 Å². The van der Waals surface area contributed by atoms with E-state index in [4.69, 9.17) is 19.1 Å². The van der Waals surface area contributed by atoms with E-state index in [2.05, 4.69) is 47.9 Å². The Balaban J connectivity index is 4.41. The van der Waals surface area contributed by atoms with Gasteiger partial charge in [-0.15, -0.1) is 0 Å². The lowest BCUT2D eigenvalue weighted by Crippen LogP contribution is -2.29.